The van der Waals surface area contributed by atoms with Crippen LogP contribution in [0.3, 0.4) is 0 Å². The van der Waals surface area contributed by atoms with Crippen LogP contribution in [-0.2, 0) is 17.8 Å². The number of aryl methyl sites for hydroxylation is 1. The number of nitrogens with zero attached hydrogens (tertiary/aromatic N) is 3. The number of carbonyl (C=O) groups excluding carboxylic acids is 2. The Morgan fingerprint density at radius 1 is 1.30 bits per heavy atom. The van der Waals surface area contributed by atoms with E-state index in [1.165, 1.54) is 0 Å². The van der Waals surface area contributed by atoms with Gasteiger partial charge in [-0.1, -0.05) is 19.9 Å². The Kier molecular flexibility index (Phi) is 5.62. The van der Waals surface area contributed by atoms with Crippen molar-refractivity contribution in [2.24, 2.45) is 17.3 Å². The number of piperidine rings is 1. The first kappa shape index (κ1) is 20.6. The molecule has 30 heavy (non-hydrogen) atoms. The van der Waals surface area contributed by atoms with Gasteiger partial charge in [-0.15, -0.1) is 0 Å². The largest absolute Gasteiger partial charge is 0.350 e. The number of aromatic nitrogens is 3. The van der Waals surface area contributed by atoms with Crippen LogP contribution in [0.2, 0.25) is 0 Å². The van der Waals surface area contributed by atoms with Crippen LogP contribution in [0.4, 0.5) is 0 Å². The standard InChI is InChI=1S/C23H31N5O2/c1-15(2)11-18-12-20(27-26-18)22(30)28-9-7-23(8-10-28)13-19(23)21(29)24-14-17-6-4-5-16(3)25-17/h4-6,12,15,19H,7-11,13-14H2,1-3H3,(H,24,29)(H,26,27)/t19-/m1/s1. The maximum atomic E-state index is 12.8. The van der Waals surface area contributed by atoms with E-state index in [1.54, 1.807) is 0 Å². The Labute approximate surface area is 177 Å². The molecule has 0 aromatic carbocycles. The fraction of sp³-hybridized carbons (Fsp3) is 0.565. The van der Waals surface area contributed by atoms with Gasteiger partial charge >= 0.3 is 0 Å². The molecule has 0 radical (unpaired) electrons. The molecule has 1 aliphatic carbocycles. The van der Waals surface area contributed by atoms with E-state index in [1.807, 2.05) is 36.1 Å². The number of hydrogen-bond donors (Lipinski definition) is 2. The Morgan fingerprint density at radius 2 is 2.07 bits per heavy atom. The number of likely N-dealkylation sites (tertiary alicyclic amines) is 1. The number of rotatable bonds is 6. The van der Waals surface area contributed by atoms with E-state index in [0.717, 1.165) is 42.8 Å². The van der Waals surface area contributed by atoms with Gasteiger partial charge in [0.05, 0.1) is 12.2 Å². The molecule has 0 bridgehead atoms. The van der Waals surface area contributed by atoms with Crippen molar-refractivity contribution >= 4 is 11.8 Å². The number of H-pyrrole nitrogens is 1. The molecule has 1 aliphatic heterocycles. The van der Waals surface area contributed by atoms with Gasteiger partial charge in [0, 0.05) is 30.4 Å². The first-order chi connectivity index (χ1) is 14.4. The fourth-order valence-corrected chi connectivity index (χ4v) is 4.60. The lowest BCUT2D eigenvalue weighted by Crippen LogP contribution is -2.40. The molecule has 2 aromatic heterocycles. The molecule has 2 aromatic rings. The Bertz CT molecular complexity index is 927. The third kappa shape index (κ3) is 4.40. The third-order valence-corrected chi connectivity index (χ3v) is 6.42. The first-order valence-corrected chi connectivity index (χ1v) is 10.9. The van der Waals surface area contributed by atoms with Crippen molar-refractivity contribution in [2.45, 2.75) is 53.0 Å². The minimum absolute atomic E-state index is 0.0109. The van der Waals surface area contributed by atoms with E-state index in [4.69, 9.17) is 0 Å². The molecule has 2 aliphatic rings. The number of hydrogen-bond acceptors (Lipinski definition) is 4. The van der Waals surface area contributed by atoms with Crippen LogP contribution in [0.1, 0.15) is 60.7 Å². The Hall–Kier alpha value is -2.70. The molecule has 3 heterocycles. The van der Waals surface area contributed by atoms with Gasteiger partial charge in [-0.2, -0.15) is 5.10 Å². The minimum atomic E-state index is -0.0109. The van der Waals surface area contributed by atoms with E-state index in [9.17, 15) is 9.59 Å². The molecule has 160 valence electrons. The van der Waals surface area contributed by atoms with Gasteiger partial charge in [-0.05, 0) is 62.1 Å². The zero-order valence-corrected chi connectivity index (χ0v) is 18.1. The second-order valence-corrected chi connectivity index (χ2v) is 9.28. The van der Waals surface area contributed by atoms with Gasteiger partial charge in [0.15, 0.2) is 0 Å². The van der Waals surface area contributed by atoms with Gasteiger partial charge in [0.2, 0.25) is 5.91 Å². The summed E-state index contributed by atoms with van der Waals surface area (Å²) >= 11 is 0. The van der Waals surface area contributed by atoms with Gasteiger partial charge in [-0.25, -0.2) is 0 Å². The van der Waals surface area contributed by atoms with Gasteiger partial charge < -0.3 is 10.2 Å². The topological polar surface area (TPSA) is 91.0 Å². The molecule has 0 unspecified atom stereocenters. The van der Waals surface area contributed by atoms with Crippen molar-refractivity contribution < 1.29 is 9.59 Å². The van der Waals surface area contributed by atoms with Crippen LogP contribution in [0.15, 0.2) is 24.3 Å². The number of amides is 2. The lowest BCUT2D eigenvalue weighted by Gasteiger charge is -2.32. The molecule has 2 amide bonds. The predicted octanol–water partition coefficient (Wildman–Crippen LogP) is 2.87. The zero-order valence-electron chi connectivity index (χ0n) is 18.1. The Balaban J connectivity index is 1.27. The lowest BCUT2D eigenvalue weighted by atomic mass is 9.90. The molecule has 1 saturated carbocycles. The molecular weight excluding hydrogens is 378 g/mol. The van der Waals surface area contributed by atoms with Crippen LogP contribution in [0.5, 0.6) is 0 Å². The molecule has 7 nitrogen and oxygen atoms in total. The molecular formula is C23H31N5O2. The van der Waals surface area contributed by atoms with E-state index >= 15 is 0 Å². The van der Waals surface area contributed by atoms with Crippen molar-refractivity contribution in [1.29, 1.82) is 0 Å². The molecule has 2 fully saturated rings. The monoisotopic (exact) mass is 409 g/mol. The minimum Gasteiger partial charge on any atom is -0.350 e. The normalized spacial score (nSPS) is 19.9. The van der Waals surface area contributed by atoms with Gasteiger partial charge in [0.25, 0.3) is 5.91 Å². The highest BCUT2D eigenvalue weighted by Crippen LogP contribution is 2.59. The van der Waals surface area contributed by atoms with Crippen LogP contribution in [0, 0.1) is 24.2 Å². The van der Waals surface area contributed by atoms with E-state index in [0.29, 0.717) is 31.2 Å². The molecule has 2 N–H and O–H groups in total. The van der Waals surface area contributed by atoms with Gasteiger partial charge in [0.1, 0.15) is 5.69 Å². The highest BCUT2D eigenvalue weighted by Gasteiger charge is 2.58. The average Bonchev–Trinajstić information content (AvgIpc) is 3.21. The quantitative estimate of drug-likeness (QED) is 0.768. The SMILES string of the molecule is Cc1cccc(CNC(=O)[C@H]2CC23CCN(C(=O)c2cc(CC(C)C)[nH]n2)CC3)n1. The predicted molar refractivity (Wildman–Crippen MR) is 114 cm³/mol. The van der Waals surface area contributed by atoms with Crippen LogP contribution in [0.25, 0.3) is 0 Å². The summed E-state index contributed by atoms with van der Waals surface area (Å²) in [4.78, 5) is 31.7. The lowest BCUT2D eigenvalue weighted by molar-refractivity contribution is -0.123. The number of pyridine rings is 1. The van der Waals surface area contributed by atoms with E-state index in [2.05, 4.69) is 34.3 Å². The smallest absolute Gasteiger partial charge is 0.274 e. The highest BCUT2D eigenvalue weighted by molar-refractivity contribution is 5.92. The first-order valence-electron chi connectivity index (χ1n) is 10.9. The molecule has 4 rings (SSSR count). The van der Waals surface area contributed by atoms with Crippen molar-refractivity contribution in [3.63, 3.8) is 0 Å². The maximum absolute atomic E-state index is 12.8. The molecule has 1 spiro atoms. The zero-order chi connectivity index (χ0) is 21.3. The summed E-state index contributed by atoms with van der Waals surface area (Å²) in [5, 5.41) is 10.2. The fourth-order valence-electron chi connectivity index (χ4n) is 4.60. The summed E-state index contributed by atoms with van der Waals surface area (Å²) in [7, 11) is 0. The number of carbonyl (C=O) groups is 2. The van der Waals surface area contributed by atoms with Crippen molar-refractivity contribution in [2.75, 3.05) is 13.1 Å². The van der Waals surface area contributed by atoms with Crippen LogP contribution >= 0.6 is 0 Å². The Morgan fingerprint density at radius 3 is 2.77 bits per heavy atom. The van der Waals surface area contributed by atoms with E-state index < -0.39 is 0 Å². The maximum Gasteiger partial charge on any atom is 0.274 e. The summed E-state index contributed by atoms with van der Waals surface area (Å²) in [5.41, 5.74) is 3.40. The molecule has 1 atom stereocenters. The molecule has 7 heteroatoms. The number of aromatic amines is 1. The average molecular weight is 410 g/mol. The third-order valence-electron chi connectivity index (χ3n) is 6.42. The van der Waals surface area contributed by atoms with Crippen molar-refractivity contribution in [3.05, 3.63) is 47.0 Å². The van der Waals surface area contributed by atoms with Crippen molar-refractivity contribution in [3.8, 4) is 0 Å². The second-order valence-electron chi connectivity index (χ2n) is 9.28. The van der Waals surface area contributed by atoms with E-state index in [-0.39, 0.29) is 23.1 Å². The van der Waals surface area contributed by atoms with Crippen LogP contribution < -0.4 is 5.32 Å². The van der Waals surface area contributed by atoms with Crippen LogP contribution in [-0.4, -0.2) is 45.0 Å². The van der Waals surface area contributed by atoms with Gasteiger partial charge in [-0.3, -0.25) is 19.7 Å². The van der Waals surface area contributed by atoms with Crippen molar-refractivity contribution in [1.82, 2.24) is 25.4 Å². The number of nitrogens with one attached hydrogen (secondary N) is 2. The summed E-state index contributed by atoms with van der Waals surface area (Å²) in [5.74, 6) is 0.678. The summed E-state index contributed by atoms with van der Waals surface area (Å²) in [6, 6.07) is 7.71. The summed E-state index contributed by atoms with van der Waals surface area (Å²) < 4.78 is 0. The second kappa shape index (κ2) is 8.20. The molecule has 1 saturated heterocycles. The summed E-state index contributed by atoms with van der Waals surface area (Å²) in [6.45, 7) is 8.08. The highest BCUT2D eigenvalue weighted by atomic mass is 16.2. The summed E-state index contributed by atoms with van der Waals surface area (Å²) in [6.07, 6.45) is 3.56.